The molecule has 2 aliphatic heterocycles. The van der Waals surface area contributed by atoms with E-state index in [0.29, 0.717) is 35.6 Å². The Morgan fingerprint density at radius 2 is 1.84 bits per heavy atom. The summed E-state index contributed by atoms with van der Waals surface area (Å²) in [7, 11) is 5.53. The average molecular weight is 348 g/mol. The van der Waals surface area contributed by atoms with E-state index in [1.165, 1.54) is 43.3 Å². The Bertz CT molecular complexity index is 614. The zero-order valence-corrected chi connectivity index (χ0v) is 15.6. The summed E-state index contributed by atoms with van der Waals surface area (Å²) in [6.45, 7) is 3.06. The van der Waals surface area contributed by atoms with Crippen molar-refractivity contribution in [3.8, 4) is 11.5 Å². The van der Waals surface area contributed by atoms with Gasteiger partial charge in [0.15, 0.2) is 11.5 Å². The van der Waals surface area contributed by atoms with E-state index < -0.39 is 0 Å². The molecule has 2 heterocycles. The number of rotatable bonds is 5. The average Bonchev–Trinajstić information content (AvgIpc) is 2.64. The molecule has 0 amide bonds. The van der Waals surface area contributed by atoms with Crippen LogP contribution in [0.4, 0.5) is 0 Å². The number of nitrogens with zero attached hydrogens (tertiary/aromatic N) is 1. The van der Waals surface area contributed by atoms with Gasteiger partial charge in [0, 0.05) is 12.3 Å². The van der Waals surface area contributed by atoms with Crippen molar-refractivity contribution in [1.29, 1.82) is 0 Å². The molecule has 0 N–H and O–H groups in total. The highest BCUT2D eigenvalue weighted by Crippen LogP contribution is 2.36. The Labute approximate surface area is 150 Å². The first-order chi connectivity index (χ1) is 12.1. The van der Waals surface area contributed by atoms with E-state index in [1.54, 1.807) is 32.4 Å². The van der Waals surface area contributed by atoms with E-state index >= 15 is 0 Å². The molecule has 0 spiro atoms. The lowest BCUT2D eigenvalue weighted by Gasteiger charge is -2.51. The fourth-order valence-corrected chi connectivity index (χ4v) is 4.66. The molecule has 0 aliphatic carbocycles. The number of benzene rings is 1. The normalized spacial score (nSPS) is 28.8. The van der Waals surface area contributed by atoms with Crippen LogP contribution in [0.2, 0.25) is 0 Å². The summed E-state index contributed by atoms with van der Waals surface area (Å²) in [5, 5.41) is 0. The third-order valence-corrected chi connectivity index (χ3v) is 6.06. The number of esters is 1. The predicted octanol–water partition coefficient (Wildman–Crippen LogP) is 3.27. The number of methoxy groups -OCH3 is 2. The number of quaternary nitrogens is 1. The molecule has 0 aromatic heterocycles. The summed E-state index contributed by atoms with van der Waals surface area (Å²) in [6, 6.07) is 5.79. The van der Waals surface area contributed by atoms with Crippen molar-refractivity contribution in [2.75, 3.05) is 41.0 Å². The molecule has 3 rings (SSSR count). The molecule has 0 unspecified atom stereocenters. The monoisotopic (exact) mass is 348 g/mol. The molecule has 1 aromatic carbocycles. The van der Waals surface area contributed by atoms with E-state index in [4.69, 9.17) is 14.2 Å². The summed E-state index contributed by atoms with van der Waals surface area (Å²) in [6.07, 6.45) is 6.28. The lowest BCUT2D eigenvalue weighted by Crippen LogP contribution is -2.61. The zero-order valence-electron chi connectivity index (χ0n) is 15.6. The van der Waals surface area contributed by atoms with Crippen LogP contribution in [0.15, 0.2) is 18.2 Å². The van der Waals surface area contributed by atoms with Gasteiger partial charge in [0.2, 0.25) is 0 Å². The predicted molar refractivity (Wildman–Crippen MR) is 96.1 cm³/mol. The Balaban J connectivity index is 1.64. The molecule has 5 heteroatoms. The van der Waals surface area contributed by atoms with E-state index in [1.807, 2.05) is 0 Å². The van der Waals surface area contributed by atoms with Crippen LogP contribution < -0.4 is 9.47 Å². The molecule has 5 nitrogen and oxygen atoms in total. The second-order valence-electron chi connectivity index (χ2n) is 7.56. The van der Waals surface area contributed by atoms with Crippen LogP contribution in [0, 0.1) is 5.92 Å². The Kier molecular flexibility index (Phi) is 5.52. The van der Waals surface area contributed by atoms with Crippen molar-refractivity contribution < 1.29 is 23.5 Å². The van der Waals surface area contributed by atoms with Gasteiger partial charge < -0.3 is 18.7 Å². The largest absolute Gasteiger partial charge is 0.493 e. The van der Waals surface area contributed by atoms with E-state index in [0.717, 1.165) is 6.42 Å². The van der Waals surface area contributed by atoms with Crippen molar-refractivity contribution >= 4 is 5.97 Å². The van der Waals surface area contributed by atoms with Gasteiger partial charge in [-0.15, -0.1) is 0 Å². The Morgan fingerprint density at radius 3 is 2.60 bits per heavy atom. The van der Waals surface area contributed by atoms with Gasteiger partial charge in [-0.3, -0.25) is 0 Å². The van der Waals surface area contributed by atoms with Crippen LogP contribution in [0.3, 0.4) is 0 Å². The van der Waals surface area contributed by atoms with E-state index in [9.17, 15) is 4.79 Å². The number of carbonyl (C=O) groups is 1. The number of piperidine rings is 2. The molecule has 0 saturated carbocycles. The quantitative estimate of drug-likeness (QED) is 0.605. The number of fused-ring (bicyclic) bond motifs is 1. The smallest absolute Gasteiger partial charge is 0.338 e. The van der Waals surface area contributed by atoms with Crippen LogP contribution >= 0.6 is 0 Å². The SMILES string of the molecule is COc1ccc(C(=O)OC[C@@H]2CCC[N@+]3(C)CCCC[C@H]23)cc1OC. The Hall–Kier alpha value is -1.75. The molecule has 25 heavy (non-hydrogen) atoms. The minimum absolute atomic E-state index is 0.281. The van der Waals surface area contributed by atoms with Gasteiger partial charge >= 0.3 is 5.97 Å². The molecule has 3 atom stereocenters. The van der Waals surface area contributed by atoms with E-state index in [2.05, 4.69) is 7.05 Å². The number of ether oxygens (including phenoxy) is 3. The molecular formula is C20H30NO4+. The number of carbonyl (C=O) groups excluding carboxylic acids is 1. The molecule has 0 radical (unpaired) electrons. The van der Waals surface area contributed by atoms with Crippen LogP contribution in [-0.2, 0) is 4.74 Å². The van der Waals surface area contributed by atoms with Gasteiger partial charge in [-0.2, -0.15) is 0 Å². The fraction of sp³-hybridized carbons (Fsp3) is 0.650. The first-order valence-electron chi connectivity index (χ1n) is 9.31. The summed E-state index contributed by atoms with van der Waals surface area (Å²) in [5.74, 6) is 1.35. The number of hydrogen-bond donors (Lipinski definition) is 0. The summed E-state index contributed by atoms with van der Waals surface area (Å²) >= 11 is 0. The van der Waals surface area contributed by atoms with Gasteiger partial charge in [-0.25, -0.2) is 4.79 Å². The summed E-state index contributed by atoms with van der Waals surface area (Å²) < 4.78 is 17.3. The van der Waals surface area contributed by atoms with Gasteiger partial charge in [-0.1, -0.05) is 0 Å². The third kappa shape index (κ3) is 3.76. The maximum absolute atomic E-state index is 12.5. The highest BCUT2D eigenvalue weighted by Gasteiger charge is 2.43. The van der Waals surface area contributed by atoms with Gasteiger partial charge in [0.25, 0.3) is 0 Å². The zero-order chi connectivity index (χ0) is 17.9. The van der Waals surface area contributed by atoms with Crippen LogP contribution in [0.25, 0.3) is 0 Å². The maximum atomic E-state index is 12.5. The third-order valence-electron chi connectivity index (χ3n) is 6.06. The van der Waals surface area contributed by atoms with Crippen LogP contribution in [-0.4, -0.2) is 57.5 Å². The van der Waals surface area contributed by atoms with Crippen LogP contribution in [0.5, 0.6) is 11.5 Å². The molecule has 2 fully saturated rings. The van der Waals surface area contributed by atoms with Crippen molar-refractivity contribution in [3.05, 3.63) is 23.8 Å². The fourth-order valence-electron chi connectivity index (χ4n) is 4.66. The topological polar surface area (TPSA) is 44.8 Å². The van der Waals surface area contributed by atoms with Crippen molar-refractivity contribution in [1.82, 2.24) is 0 Å². The summed E-state index contributed by atoms with van der Waals surface area (Å²) in [5.41, 5.74) is 0.509. The minimum Gasteiger partial charge on any atom is -0.493 e. The van der Waals surface area contributed by atoms with Crippen molar-refractivity contribution in [3.63, 3.8) is 0 Å². The van der Waals surface area contributed by atoms with Gasteiger partial charge in [-0.05, 0) is 43.9 Å². The number of hydrogen-bond acceptors (Lipinski definition) is 4. The molecular weight excluding hydrogens is 318 g/mol. The van der Waals surface area contributed by atoms with Crippen molar-refractivity contribution in [2.45, 2.75) is 38.1 Å². The Morgan fingerprint density at radius 1 is 1.08 bits per heavy atom. The van der Waals surface area contributed by atoms with Crippen LogP contribution in [0.1, 0.15) is 42.5 Å². The first-order valence-corrected chi connectivity index (χ1v) is 9.31. The first kappa shape index (κ1) is 18.1. The second kappa shape index (κ2) is 7.65. The molecule has 1 aromatic rings. The van der Waals surface area contributed by atoms with Crippen molar-refractivity contribution in [2.24, 2.45) is 5.92 Å². The second-order valence-corrected chi connectivity index (χ2v) is 7.56. The van der Waals surface area contributed by atoms with Gasteiger partial charge in [0.05, 0.1) is 46.0 Å². The highest BCUT2D eigenvalue weighted by molar-refractivity contribution is 5.90. The van der Waals surface area contributed by atoms with Gasteiger partial charge in [0.1, 0.15) is 6.61 Å². The maximum Gasteiger partial charge on any atom is 0.338 e. The van der Waals surface area contributed by atoms with E-state index in [-0.39, 0.29) is 5.97 Å². The molecule has 2 saturated heterocycles. The molecule has 2 aliphatic rings. The summed E-state index contributed by atoms with van der Waals surface area (Å²) in [4.78, 5) is 12.5. The standard InChI is InChI=1S/C20H30NO4/c1-21-11-5-4-8-17(21)16(7-6-12-21)14-25-20(22)15-9-10-18(23-2)19(13-15)24-3/h9-10,13,16-17H,4-8,11-12,14H2,1-3H3/q+1/t16-,17+,21-/m0/s1. The lowest BCUT2D eigenvalue weighted by atomic mass is 9.82. The lowest BCUT2D eigenvalue weighted by molar-refractivity contribution is -0.947. The highest BCUT2D eigenvalue weighted by atomic mass is 16.5. The minimum atomic E-state index is -0.281. The molecule has 0 bridgehead atoms. The molecule has 138 valence electrons.